The highest BCUT2D eigenvalue weighted by atomic mass is 79.9. The van der Waals surface area contributed by atoms with Gasteiger partial charge in [0, 0.05) is 19.8 Å². The molecule has 0 aliphatic rings. The second-order valence-electron chi connectivity index (χ2n) is 3.21. The number of sulfonamides is 1. The summed E-state index contributed by atoms with van der Waals surface area (Å²) in [7, 11) is -1.60. The van der Waals surface area contributed by atoms with Crippen molar-refractivity contribution in [3.05, 3.63) is 10.7 Å². The summed E-state index contributed by atoms with van der Waals surface area (Å²) in [6.45, 7) is 0.839. The zero-order chi connectivity index (χ0) is 11.6. The Morgan fingerprint density at radius 1 is 1.67 bits per heavy atom. The molecule has 6 nitrogen and oxygen atoms in total. The van der Waals surface area contributed by atoms with Crippen LogP contribution >= 0.6 is 15.9 Å². The lowest BCUT2D eigenvalue weighted by Crippen LogP contribution is -2.29. The third-order valence-electron chi connectivity index (χ3n) is 1.95. The first-order chi connectivity index (χ1) is 6.80. The molecule has 0 saturated carbocycles. The summed E-state index contributed by atoms with van der Waals surface area (Å²) in [4.78, 5) is 0. The lowest BCUT2D eigenvalue weighted by molar-refractivity contribution is 0.437. The van der Waals surface area contributed by atoms with Crippen LogP contribution < -0.4 is 5.73 Å². The van der Waals surface area contributed by atoms with Gasteiger partial charge in [0.25, 0.3) is 0 Å². The summed E-state index contributed by atoms with van der Waals surface area (Å²) in [6.07, 6.45) is 2.88. The van der Waals surface area contributed by atoms with E-state index in [4.69, 9.17) is 5.73 Å². The fraction of sp³-hybridized carbons (Fsp3) is 0.571. The van der Waals surface area contributed by atoms with Gasteiger partial charge in [-0.15, -0.1) is 0 Å². The molecule has 1 aromatic rings. The molecule has 0 aliphatic carbocycles. The number of aromatic nitrogens is 2. The summed E-state index contributed by atoms with van der Waals surface area (Å²) in [5.74, 6) is 0.400. The molecule has 0 unspecified atom stereocenters. The third-order valence-corrected chi connectivity index (χ3v) is 3.88. The average molecular weight is 297 g/mol. The molecule has 0 radical (unpaired) electrons. The molecule has 0 spiro atoms. The zero-order valence-corrected chi connectivity index (χ0v) is 10.9. The van der Waals surface area contributed by atoms with E-state index in [2.05, 4.69) is 21.0 Å². The van der Waals surface area contributed by atoms with Crippen molar-refractivity contribution < 1.29 is 8.42 Å². The van der Waals surface area contributed by atoms with Crippen LogP contribution in [0.25, 0.3) is 0 Å². The Labute approximate surface area is 97.2 Å². The monoisotopic (exact) mass is 296 g/mol. The molecule has 2 N–H and O–H groups in total. The van der Waals surface area contributed by atoms with Crippen LogP contribution in [0.3, 0.4) is 0 Å². The second-order valence-corrected chi connectivity index (χ2v) is 6.15. The maximum absolute atomic E-state index is 11.1. The molecule has 0 atom stereocenters. The van der Waals surface area contributed by atoms with Crippen LogP contribution in [-0.2, 0) is 16.6 Å². The van der Waals surface area contributed by atoms with Crippen LogP contribution in [-0.4, -0.2) is 42.4 Å². The molecule has 15 heavy (non-hydrogen) atoms. The highest BCUT2D eigenvalue weighted by molar-refractivity contribution is 9.10. The Morgan fingerprint density at radius 2 is 2.27 bits per heavy atom. The molecule has 0 saturated heterocycles. The lowest BCUT2D eigenvalue weighted by Gasteiger charge is -2.13. The normalized spacial score (nSPS) is 12.3. The fourth-order valence-electron chi connectivity index (χ4n) is 0.936. The molecule has 1 heterocycles. The molecule has 8 heteroatoms. The summed E-state index contributed by atoms with van der Waals surface area (Å²) >= 11 is 3.22. The first-order valence-electron chi connectivity index (χ1n) is 4.20. The van der Waals surface area contributed by atoms with Crippen LogP contribution in [0.5, 0.6) is 0 Å². The van der Waals surface area contributed by atoms with E-state index in [-0.39, 0.29) is 0 Å². The van der Waals surface area contributed by atoms with Gasteiger partial charge < -0.3 is 5.73 Å². The molecule has 86 valence electrons. The number of hydrogen-bond acceptors (Lipinski definition) is 4. The molecule has 1 rings (SSSR count). The minimum absolute atomic E-state index is 0.367. The first kappa shape index (κ1) is 12.5. The van der Waals surface area contributed by atoms with E-state index >= 15 is 0 Å². The summed E-state index contributed by atoms with van der Waals surface area (Å²) in [5.41, 5.74) is 5.52. The predicted octanol–water partition coefficient (Wildman–Crippen LogP) is 0.119. The van der Waals surface area contributed by atoms with Gasteiger partial charge in [-0.3, -0.25) is 4.68 Å². The number of nitrogens with two attached hydrogens (primary N) is 1. The van der Waals surface area contributed by atoms with Crippen molar-refractivity contribution >= 4 is 31.8 Å². The molecule has 0 amide bonds. The van der Waals surface area contributed by atoms with E-state index in [0.29, 0.717) is 23.4 Å². The number of likely N-dealkylation sites (N-methyl/N-ethyl adjacent to an activating group) is 1. The lowest BCUT2D eigenvalue weighted by atomic mass is 10.6. The van der Waals surface area contributed by atoms with Crippen LogP contribution in [0.1, 0.15) is 0 Å². The van der Waals surface area contributed by atoms with Gasteiger partial charge in [-0.25, -0.2) is 12.7 Å². The largest absolute Gasteiger partial charge is 0.381 e. The van der Waals surface area contributed by atoms with E-state index in [1.54, 1.807) is 10.9 Å². The van der Waals surface area contributed by atoms with Gasteiger partial charge >= 0.3 is 0 Å². The van der Waals surface area contributed by atoms with Crippen molar-refractivity contribution in [2.75, 3.05) is 25.6 Å². The number of rotatable bonds is 4. The second kappa shape index (κ2) is 4.50. The molecular weight excluding hydrogens is 284 g/mol. The maximum atomic E-state index is 11.1. The number of hydrogen-bond donors (Lipinski definition) is 1. The quantitative estimate of drug-likeness (QED) is 0.856. The Morgan fingerprint density at radius 3 is 2.67 bits per heavy atom. The average Bonchev–Trinajstić information content (AvgIpc) is 2.41. The smallest absolute Gasteiger partial charge is 0.211 e. The Bertz CT molecular complexity index is 422. The highest BCUT2D eigenvalue weighted by Crippen LogP contribution is 2.15. The van der Waals surface area contributed by atoms with E-state index in [1.165, 1.54) is 17.6 Å². The van der Waals surface area contributed by atoms with Crippen molar-refractivity contribution in [2.45, 2.75) is 6.54 Å². The standard InChI is InChI=1S/C7H13BrN4O2S/c1-11(15(2,13)14)3-4-12-5-6(8)7(9)10-12/h5H,3-4H2,1-2H3,(H2,9,10). The molecular formula is C7H13BrN4O2S. The summed E-state index contributed by atoms with van der Waals surface area (Å²) in [6, 6.07) is 0. The van der Waals surface area contributed by atoms with Crippen LogP contribution in [0.15, 0.2) is 10.7 Å². The van der Waals surface area contributed by atoms with E-state index in [9.17, 15) is 8.42 Å². The molecule has 0 aliphatic heterocycles. The molecule has 0 bridgehead atoms. The number of halogens is 1. The van der Waals surface area contributed by atoms with E-state index in [0.717, 1.165) is 0 Å². The minimum atomic E-state index is -3.13. The van der Waals surface area contributed by atoms with Crippen molar-refractivity contribution in [1.29, 1.82) is 0 Å². The topological polar surface area (TPSA) is 81.2 Å². The van der Waals surface area contributed by atoms with Crippen LogP contribution in [0.4, 0.5) is 5.82 Å². The minimum Gasteiger partial charge on any atom is -0.381 e. The van der Waals surface area contributed by atoms with Crippen LogP contribution in [0.2, 0.25) is 0 Å². The van der Waals surface area contributed by atoms with Gasteiger partial charge in [0.15, 0.2) is 5.82 Å². The van der Waals surface area contributed by atoms with Gasteiger partial charge in [-0.2, -0.15) is 5.10 Å². The van der Waals surface area contributed by atoms with Crippen molar-refractivity contribution in [2.24, 2.45) is 0 Å². The van der Waals surface area contributed by atoms with E-state index < -0.39 is 10.0 Å². The molecule has 0 aromatic carbocycles. The first-order valence-corrected chi connectivity index (χ1v) is 6.84. The molecule has 1 aromatic heterocycles. The zero-order valence-electron chi connectivity index (χ0n) is 8.51. The Hall–Kier alpha value is -0.600. The van der Waals surface area contributed by atoms with Gasteiger partial charge in [-0.05, 0) is 15.9 Å². The Kier molecular flexibility index (Phi) is 3.74. The number of nitrogens with zero attached hydrogens (tertiary/aromatic N) is 3. The van der Waals surface area contributed by atoms with Gasteiger partial charge in [0.1, 0.15) is 0 Å². The van der Waals surface area contributed by atoms with Crippen molar-refractivity contribution in [3.63, 3.8) is 0 Å². The predicted molar refractivity (Wildman–Crippen MR) is 61.8 cm³/mol. The number of nitrogen functional groups attached to an aromatic ring is 1. The number of anilines is 1. The Balaban J connectivity index is 2.58. The fourth-order valence-corrected chi connectivity index (χ4v) is 1.66. The van der Waals surface area contributed by atoms with Crippen LogP contribution in [0, 0.1) is 0 Å². The van der Waals surface area contributed by atoms with E-state index in [1.807, 2.05) is 0 Å². The summed E-state index contributed by atoms with van der Waals surface area (Å²) in [5, 5.41) is 3.99. The van der Waals surface area contributed by atoms with Gasteiger partial charge in [0.05, 0.1) is 17.3 Å². The maximum Gasteiger partial charge on any atom is 0.211 e. The third kappa shape index (κ3) is 3.47. The van der Waals surface area contributed by atoms with Gasteiger partial charge in [0.2, 0.25) is 10.0 Å². The van der Waals surface area contributed by atoms with Crippen molar-refractivity contribution in [3.8, 4) is 0 Å². The van der Waals surface area contributed by atoms with Gasteiger partial charge in [-0.1, -0.05) is 0 Å². The summed E-state index contributed by atoms with van der Waals surface area (Å²) < 4.78 is 25.7. The molecule has 0 fully saturated rings. The highest BCUT2D eigenvalue weighted by Gasteiger charge is 2.11. The van der Waals surface area contributed by atoms with Crippen molar-refractivity contribution in [1.82, 2.24) is 14.1 Å². The SMILES string of the molecule is CN(CCn1cc(Br)c(N)n1)S(C)(=O)=O.